The lowest BCUT2D eigenvalue weighted by Crippen LogP contribution is -2.36. The van der Waals surface area contributed by atoms with Crippen molar-refractivity contribution in [2.75, 3.05) is 0 Å². The number of amidine groups is 1. The highest BCUT2D eigenvalue weighted by molar-refractivity contribution is 5.95. The zero-order valence-electron chi connectivity index (χ0n) is 11.6. The molecule has 4 nitrogen and oxygen atoms in total. The van der Waals surface area contributed by atoms with Crippen molar-refractivity contribution in [3.8, 4) is 0 Å². The first-order valence-electron chi connectivity index (χ1n) is 6.29. The third kappa shape index (κ3) is 3.82. The molecule has 100 valence electrons. The fraction of sp³-hybridized carbons (Fsp3) is 0.500. The Bertz CT molecular complexity index is 377. The summed E-state index contributed by atoms with van der Waals surface area (Å²) in [7, 11) is 0. The van der Waals surface area contributed by atoms with Crippen molar-refractivity contribution in [1.82, 2.24) is 10.4 Å². The Kier molecular flexibility index (Phi) is 5.31. The number of rotatable bonds is 5. The van der Waals surface area contributed by atoms with Gasteiger partial charge in [0.2, 0.25) is 0 Å². The van der Waals surface area contributed by atoms with Crippen molar-refractivity contribution in [3.63, 3.8) is 0 Å². The monoisotopic (exact) mass is 249 g/mol. The Morgan fingerprint density at radius 1 is 1.17 bits per heavy atom. The molecule has 0 unspecified atom stereocenters. The first kappa shape index (κ1) is 14.7. The molecule has 0 aromatic heterocycles. The molecule has 0 saturated carbocycles. The van der Waals surface area contributed by atoms with Gasteiger partial charge in [-0.2, -0.15) is 0 Å². The summed E-state index contributed by atoms with van der Waals surface area (Å²) in [4.78, 5) is 2.41. The third-order valence-corrected chi connectivity index (χ3v) is 3.05. The zero-order chi connectivity index (χ0) is 13.7. The van der Waals surface area contributed by atoms with E-state index in [4.69, 9.17) is 10.6 Å². The van der Waals surface area contributed by atoms with Crippen molar-refractivity contribution in [3.05, 3.63) is 35.4 Å². The highest BCUT2D eigenvalue weighted by atomic mass is 16.5. The molecule has 4 heteroatoms. The number of nitrogens with zero attached hydrogens (tertiary/aromatic N) is 1. The van der Waals surface area contributed by atoms with E-state index in [2.05, 4.69) is 32.6 Å². The Morgan fingerprint density at radius 2 is 1.67 bits per heavy atom. The van der Waals surface area contributed by atoms with E-state index in [9.17, 15) is 0 Å². The quantitative estimate of drug-likeness (QED) is 0.427. The van der Waals surface area contributed by atoms with Crippen LogP contribution in [0.4, 0.5) is 0 Å². The fourth-order valence-electron chi connectivity index (χ4n) is 2.01. The molecule has 0 spiro atoms. The molecule has 0 aliphatic rings. The second-order valence-corrected chi connectivity index (χ2v) is 5.04. The van der Waals surface area contributed by atoms with E-state index in [1.165, 1.54) is 5.56 Å². The maximum atomic E-state index is 8.67. The van der Waals surface area contributed by atoms with E-state index >= 15 is 0 Å². The van der Waals surface area contributed by atoms with Crippen molar-refractivity contribution in [1.29, 1.82) is 5.41 Å². The summed E-state index contributed by atoms with van der Waals surface area (Å²) in [5, 5.41) is 16.1. The lowest BCUT2D eigenvalue weighted by molar-refractivity contribution is 0.166. The molecule has 0 fully saturated rings. The SMILES string of the molecule is CC(C)N(Cc1ccc(C(=N)NO)cc1)C(C)C. The largest absolute Gasteiger partial charge is 0.294 e. The van der Waals surface area contributed by atoms with Crippen LogP contribution in [-0.2, 0) is 6.54 Å². The van der Waals surface area contributed by atoms with Gasteiger partial charge in [0.25, 0.3) is 0 Å². The molecule has 1 aromatic rings. The first-order valence-corrected chi connectivity index (χ1v) is 6.29. The van der Waals surface area contributed by atoms with Gasteiger partial charge in [-0.15, -0.1) is 0 Å². The summed E-state index contributed by atoms with van der Waals surface area (Å²) in [6.45, 7) is 9.68. The minimum absolute atomic E-state index is 0.0196. The predicted molar refractivity (Wildman–Crippen MR) is 74.0 cm³/mol. The van der Waals surface area contributed by atoms with E-state index < -0.39 is 0 Å². The molecule has 1 aromatic carbocycles. The van der Waals surface area contributed by atoms with Gasteiger partial charge < -0.3 is 0 Å². The summed E-state index contributed by atoms with van der Waals surface area (Å²) < 4.78 is 0. The number of hydroxylamine groups is 1. The van der Waals surface area contributed by atoms with Crippen LogP contribution in [0.15, 0.2) is 24.3 Å². The van der Waals surface area contributed by atoms with Gasteiger partial charge in [0.15, 0.2) is 0 Å². The van der Waals surface area contributed by atoms with Crippen LogP contribution in [-0.4, -0.2) is 28.0 Å². The van der Waals surface area contributed by atoms with Gasteiger partial charge in [-0.3, -0.25) is 21.0 Å². The lowest BCUT2D eigenvalue weighted by Gasteiger charge is -2.30. The summed E-state index contributed by atoms with van der Waals surface area (Å²) in [5.41, 5.74) is 3.75. The van der Waals surface area contributed by atoms with Gasteiger partial charge in [-0.05, 0) is 33.3 Å². The minimum atomic E-state index is 0.0196. The maximum absolute atomic E-state index is 8.67. The topological polar surface area (TPSA) is 59.4 Å². The van der Waals surface area contributed by atoms with E-state index in [1.54, 1.807) is 0 Å². The van der Waals surface area contributed by atoms with Crippen molar-refractivity contribution in [2.24, 2.45) is 0 Å². The number of hydrogen-bond acceptors (Lipinski definition) is 3. The third-order valence-electron chi connectivity index (χ3n) is 3.05. The van der Waals surface area contributed by atoms with Gasteiger partial charge >= 0.3 is 0 Å². The molecule has 0 amide bonds. The molecule has 0 aliphatic carbocycles. The lowest BCUT2D eigenvalue weighted by atomic mass is 10.1. The molecule has 0 heterocycles. The standard InChI is InChI=1S/C14H23N3O/c1-10(2)17(11(3)4)9-12-5-7-13(8-6-12)14(15)16-18/h5-8,10-11,18H,9H2,1-4H3,(H2,15,16). The molecule has 0 aliphatic heterocycles. The smallest absolute Gasteiger partial charge is 0.149 e. The van der Waals surface area contributed by atoms with E-state index in [-0.39, 0.29) is 5.84 Å². The molecule has 0 saturated heterocycles. The van der Waals surface area contributed by atoms with E-state index in [1.807, 2.05) is 29.7 Å². The second kappa shape index (κ2) is 6.52. The Morgan fingerprint density at radius 3 is 2.06 bits per heavy atom. The molecule has 0 atom stereocenters. The van der Waals surface area contributed by atoms with Crippen molar-refractivity contribution < 1.29 is 5.21 Å². The van der Waals surface area contributed by atoms with Crippen LogP contribution in [0.1, 0.15) is 38.8 Å². The van der Waals surface area contributed by atoms with Crippen LogP contribution in [0.3, 0.4) is 0 Å². The van der Waals surface area contributed by atoms with E-state index in [0.29, 0.717) is 17.6 Å². The molecular weight excluding hydrogens is 226 g/mol. The highest BCUT2D eigenvalue weighted by Gasteiger charge is 2.13. The molecule has 18 heavy (non-hydrogen) atoms. The van der Waals surface area contributed by atoms with Crippen molar-refractivity contribution >= 4 is 5.84 Å². The second-order valence-electron chi connectivity index (χ2n) is 5.04. The van der Waals surface area contributed by atoms with Crippen LogP contribution in [0, 0.1) is 5.41 Å². The van der Waals surface area contributed by atoms with Crippen molar-refractivity contribution in [2.45, 2.75) is 46.3 Å². The molecule has 3 N–H and O–H groups in total. The Labute approximate surface area is 109 Å². The van der Waals surface area contributed by atoms with Crippen LogP contribution < -0.4 is 5.48 Å². The van der Waals surface area contributed by atoms with Crippen LogP contribution in [0.25, 0.3) is 0 Å². The molecule has 0 bridgehead atoms. The van der Waals surface area contributed by atoms with Gasteiger partial charge in [0.1, 0.15) is 5.84 Å². The number of hydrogen-bond donors (Lipinski definition) is 3. The van der Waals surface area contributed by atoms with E-state index in [0.717, 1.165) is 6.54 Å². The van der Waals surface area contributed by atoms with Crippen LogP contribution in [0.5, 0.6) is 0 Å². The summed E-state index contributed by atoms with van der Waals surface area (Å²) in [6.07, 6.45) is 0. The van der Waals surface area contributed by atoms with Gasteiger partial charge in [-0.25, -0.2) is 0 Å². The molecular formula is C14H23N3O. The number of benzene rings is 1. The predicted octanol–water partition coefficient (Wildman–Crippen LogP) is 2.61. The molecule has 0 radical (unpaired) electrons. The first-order chi connectivity index (χ1) is 8.45. The van der Waals surface area contributed by atoms with Gasteiger partial charge in [0.05, 0.1) is 0 Å². The van der Waals surface area contributed by atoms with Crippen LogP contribution >= 0.6 is 0 Å². The highest BCUT2D eigenvalue weighted by Crippen LogP contribution is 2.13. The summed E-state index contributed by atoms with van der Waals surface area (Å²) in [5.74, 6) is 0.0196. The van der Waals surface area contributed by atoms with Gasteiger partial charge in [-0.1, -0.05) is 24.3 Å². The summed E-state index contributed by atoms with van der Waals surface area (Å²) in [6, 6.07) is 8.70. The van der Waals surface area contributed by atoms with Crippen LogP contribution in [0.2, 0.25) is 0 Å². The van der Waals surface area contributed by atoms with Gasteiger partial charge in [0, 0.05) is 24.2 Å². The average molecular weight is 249 g/mol. The number of nitrogens with one attached hydrogen (secondary N) is 2. The fourth-order valence-corrected chi connectivity index (χ4v) is 2.01. The Hall–Kier alpha value is -1.39. The zero-order valence-corrected chi connectivity index (χ0v) is 11.6. The summed E-state index contributed by atoms with van der Waals surface area (Å²) >= 11 is 0. The minimum Gasteiger partial charge on any atom is -0.294 e. The Balaban J connectivity index is 2.76. The normalized spacial score (nSPS) is 11.3. The molecule has 1 rings (SSSR count). The average Bonchev–Trinajstić information content (AvgIpc) is 2.35. The maximum Gasteiger partial charge on any atom is 0.149 e.